The highest BCUT2D eigenvalue weighted by molar-refractivity contribution is 5.86. The number of amides is 2. The first-order valence-corrected chi connectivity index (χ1v) is 10.8. The molecule has 1 aliphatic heterocycles. The summed E-state index contributed by atoms with van der Waals surface area (Å²) in [6.07, 6.45) is 3.56. The molecule has 1 saturated heterocycles. The summed E-state index contributed by atoms with van der Waals surface area (Å²) in [5.74, 6) is -0.236. The molecule has 1 fully saturated rings. The molecule has 3 aromatic carbocycles. The van der Waals surface area contributed by atoms with Crippen LogP contribution in [-0.4, -0.2) is 23.9 Å². The molecule has 2 amide bonds. The van der Waals surface area contributed by atoms with E-state index in [1.165, 1.54) is 28.5 Å². The largest absolute Gasteiger partial charge is 0.356 e. The van der Waals surface area contributed by atoms with Crippen LogP contribution in [0, 0.1) is 5.82 Å². The van der Waals surface area contributed by atoms with Crippen LogP contribution in [0.3, 0.4) is 0 Å². The zero-order valence-corrected chi connectivity index (χ0v) is 17.5. The van der Waals surface area contributed by atoms with Gasteiger partial charge in [-0.1, -0.05) is 54.6 Å². The minimum absolute atomic E-state index is 0.0273. The quantitative estimate of drug-likeness (QED) is 0.573. The second-order valence-electron chi connectivity index (χ2n) is 8.37. The van der Waals surface area contributed by atoms with Crippen LogP contribution in [0.2, 0.25) is 0 Å². The van der Waals surface area contributed by atoms with Crippen molar-refractivity contribution in [2.75, 3.05) is 6.54 Å². The van der Waals surface area contributed by atoms with Crippen molar-refractivity contribution in [2.45, 2.75) is 44.1 Å². The smallest absolute Gasteiger partial charge is 0.220 e. The molecule has 0 bridgehead atoms. The molecule has 2 N–H and O–H groups in total. The van der Waals surface area contributed by atoms with Crippen molar-refractivity contribution in [3.8, 4) is 0 Å². The first kappa shape index (κ1) is 21.0. The lowest BCUT2D eigenvalue weighted by Gasteiger charge is -2.30. The molecule has 0 saturated carbocycles. The van der Waals surface area contributed by atoms with E-state index in [0.29, 0.717) is 38.6 Å². The molecule has 160 valence electrons. The van der Waals surface area contributed by atoms with Crippen LogP contribution < -0.4 is 10.6 Å². The van der Waals surface area contributed by atoms with Crippen molar-refractivity contribution in [3.05, 3.63) is 83.7 Å². The molecular formula is C26H27FN2O2. The molecule has 5 heteroatoms. The summed E-state index contributed by atoms with van der Waals surface area (Å²) in [4.78, 5) is 24.5. The first-order chi connectivity index (χ1) is 15.0. The molecule has 4 nitrogen and oxygen atoms in total. The van der Waals surface area contributed by atoms with Crippen LogP contribution in [0.5, 0.6) is 0 Å². The molecule has 1 heterocycles. The fourth-order valence-corrected chi connectivity index (χ4v) is 4.43. The maximum absolute atomic E-state index is 13.0. The fraction of sp³-hybridized carbons (Fsp3) is 0.308. The predicted octanol–water partition coefficient (Wildman–Crippen LogP) is 4.31. The Labute approximate surface area is 181 Å². The zero-order chi connectivity index (χ0) is 21.7. The van der Waals surface area contributed by atoms with E-state index >= 15 is 0 Å². The van der Waals surface area contributed by atoms with Gasteiger partial charge in [-0.3, -0.25) is 9.59 Å². The van der Waals surface area contributed by atoms with Gasteiger partial charge in [0, 0.05) is 24.9 Å². The maximum atomic E-state index is 13.0. The monoisotopic (exact) mass is 418 g/mol. The Morgan fingerprint density at radius 1 is 1.03 bits per heavy atom. The number of hydrogen-bond donors (Lipinski definition) is 2. The van der Waals surface area contributed by atoms with Crippen LogP contribution >= 0.6 is 0 Å². The van der Waals surface area contributed by atoms with E-state index in [9.17, 15) is 14.0 Å². The van der Waals surface area contributed by atoms with E-state index in [2.05, 4.69) is 34.9 Å². The summed E-state index contributed by atoms with van der Waals surface area (Å²) in [7, 11) is 0. The van der Waals surface area contributed by atoms with E-state index in [4.69, 9.17) is 0 Å². The number of rotatable bonds is 8. The first-order valence-electron chi connectivity index (χ1n) is 10.8. The summed E-state index contributed by atoms with van der Waals surface area (Å²) in [6, 6.07) is 20.8. The van der Waals surface area contributed by atoms with Crippen molar-refractivity contribution in [2.24, 2.45) is 0 Å². The van der Waals surface area contributed by atoms with Gasteiger partial charge < -0.3 is 10.6 Å². The normalized spacial score (nSPS) is 18.2. The topological polar surface area (TPSA) is 58.2 Å². The number of nitrogens with one attached hydrogen (secondary N) is 2. The third-order valence-electron chi connectivity index (χ3n) is 6.12. The Bertz CT molecular complexity index is 1070. The Kier molecular flexibility index (Phi) is 6.31. The van der Waals surface area contributed by atoms with Gasteiger partial charge >= 0.3 is 0 Å². The standard InChI is InChI=1S/C26H27FN2O2/c27-22-10-8-19(9-11-22)14-17-28-24(30)12-15-26(16-13-25(31)29-26)18-21-6-3-5-20-4-1-2-7-23(20)21/h1-11H,12-18H2,(H,28,30)(H,29,31)/t26-/m0/s1. The van der Waals surface area contributed by atoms with E-state index in [1.807, 2.05) is 18.2 Å². The summed E-state index contributed by atoms with van der Waals surface area (Å²) in [5, 5.41) is 8.48. The minimum atomic E-state index is -0.393. The Balaban J connectivity index is 1.37. The Hall–Kier alpha value is -3.21. The van der Waals surface area contributed by atoms with Gasteiger partial charge in [-0.15, -0.1) is 0 Å². The van der Waals surface area contributed by atoms with Gasteiger partial charge in [-0.25, -0.2) is 4.39 Å². The van der Waals surface area contributed by atoms with E-state index in [-0.39, 0.29) is 17.6 Å². The highest BCUT2D eigenvalue weighted by atomic mass is 19.1. The molecule has 1 atom stereocenters. The average molecular weight is 419 g/mol. The highest BCUT2D eigenvalue weighted by Crippen LogP contribution is 2.32. The van der Waals surface area contributed by atoms with Crippen molar-refractivity contribution >= 4 is 22.6 Å². The van der Waals surface area contributed by atoms with Crippen LogP contribution in [0.4, 0.5) is 4.39 Å². The molecule has 3 aromatic rings. The number of fused-ring (bicyclic) bond motifs is 1. The van der Waals surface area contributed by atoms with Crippen LogP contribution in [0.25, 0.3) is 10.8 Å². The van der Waals surface area contributed by atoms with Crippen LogP contribution in [0.15, 0.2) is 66.7 Å². The van der Waals surface area contributed by atoms with Gasteiger partial charge in [0.05, 0.1) is 0 Å². The lowest BCUT2D eigenvalue weighted by molar-refractivity contribution is -0.122. The molecule has 31 heavy (non-hydrogen) atoms. The van der Waals surface area contributed by atoms with E-state index in [1.54, 1.807) is 12.1 Å². The van der Waals surface area contributed by atoms with Gasteiger partial charge in [0.2, 0.25) is 11.8 Å². The van der Waals surface area contributed by atoms with Gasteiger partial charge in [-0.2, -0.15) is 0 Å². The predicted molar refractivity (Wildman–Crippen MR) is 120 cm³/mol. The molecular weight excluding hydrogens is 391 g/mol. The highest BCUT2D eigenvalue weighted by Gasteiger charge is 2.38. The molecule has 0 aromatic heterocycles. The third kappa shape index (κ3) is 5.29. The fourth-order valence-electron chi connectivity index (χ4n) is 4.43. The number of carbonyl (C=O) groups excluding carboxylic acids is 2. The lowest BCUT2D eigenvalue weighted by atomic mass is 9.83. The lowest BCUT2D eigenvalue weighted by Crippen LogP contribution is -2.44. The zero-order valence-electron chi connectivity index (χ0n) is 17.5. The van der Waals surface area contributed by atoms with Crippen LogP contribution in [-0.2, 0) is 22.4 Å². The second kappa shape index (κ2) is 9.29. The SMILES string of the molecule is O=C(CC[C@@]1(Cc2cccc3ccccc23)CCC(=O)N1)NCCc1ccc(F)cc1. The number of hydrogen-bond acceptors (Lipinski definition) is 2. The molecule has 0 radical (unpaired) electrons. The number of benzene rings is 3. The number of carbonyl (C=O) groups is 2. The maximum Gasteiger partial charge on any atom is 0.220 e. The Morgan fingerprint density at radius 2 is 1.81 bits per heavy atom. The molecule has 4 rings (SSSR count). The summed E-state index contributed by atoms with van der Waals surface area (Å²) >= 11 is 0. The van der Waals surface area contributed by atoms with Crippen LogP contribution in [0.1, 0.15) is 36.8 Å². The van der Waals surface area contributed by atoms with Crippen molar-refractivity contribution in [1.82, 2.24) is 10.6 Å². The number of halogens is 1. The minimum Gasteiger partial charge on any atom is -0.356 e. The summed E-state index contributed by atoms with van der Waals surface area (Å²) in [6.45, 7) is 0.507. The third-order valence-corrected chi connectivity index (χ3v) is 6.12. The molecule has 0 aliphatic carbocycles. The van der Waals surface area contributed by atoms with Gasteiger partial charge in [0.15, 0.2) is 0 Å². The van der Waals surface area contributed by atoms with Gasteiger partial charge in [0.1, 0.15) is 5.82 Å². The summed E-state index contributed by atoms with van der Waals surface area (Å²) in [5.41, 5.74) is 1.78. The van der Waals surface area contributed by atoms with Gasteiger partial charge in [-0.05, 0) is 59.7 Å². The van der Waals surface area contributed by atoms with Gasteiger partial charge in [0.25, 0.3) is 0 Å². The average Bonchev–Trinajstić information content (AvgIpc) is 3.15. The van der Waals surface area contributed by atoms with Crippen molar-refractivity contribution < 1.29 is 14.0 Å². The molecule has 0 spiro atoms. The molecule has 1 aliphatic rings. The molecule has 0 unspecified atom stereocenters. The van der Waals surface area contributed by atoms with E-state index in [0.717, 1.165) is 12.0 Å². The second-order valence-corrected chi connectivity index (χ2v) is 8.37. The van der Waals surface area contributed by atoms with Crippen molar-refractivity contribution in [1.29, 1.82) is 0 Å². The van der Waals surface area contributed by atoms with Crippen molar-refractivity contribution in [3.63, 3.8) is 0 Å². The Morgan fingerprint density at radius 3 is 2.58 bits per heavy atom. The van der Waals surface area contributed by atoms with E-state index < -0.39 is 5.54 Å². The summed E-state index contributed by atoms with van der Waals surface area (Å²) < 4.78 is 13.0.